The van der Waals surface area contributed by atoms with Crippen LogP contribution in [0.4, 0.5) is 0 Å². The van der Waals surface area contributed by atoms with Gasteiger partial charge in [-0.25, -0.2) is 4.98 Å². The Morgan fingerprint density at radius 3 is 2.61 bits per heavy atom. The van der Waals surface area contributed by atoms with Crippen LogP contribution in [-0.4, -0.2) is 34.1 Å². The molecule has 0 amide bonds. The van der Waals surface area contributed by atoms with Gasteiger partial charge < -0.3 is 15.2 Å². The Balaban J connectivity index is 2.04. The Hall–Kier alpha value is -0.870. The molecule has 0 saturated carbocycles. The third-order valence-electron chi connectivity index (χ3n) is 3.82. The van der Waals surface area contributed by atoms with E-state index >= 15 is 0 Å². The van der Waals surface area contributed by atoms with E-state index in [4.69, 9.17) is 5.73 Å². The summed E-state index contributed by atoms with van der Waals surface area (Å²) in [6, 6.07) is 0.568. The minimum Gasteiger partial charge on any atom is -0.330 e. The number of likely N-dealkylation sites (tertiary alicyclic amines) is 1. The second-order valence-corrected chi connectivity index (χ2v) is 5.98. The van der Waals surface area contributed by atoms with Gasteiger partial charge in [-0.15, -0.1) is 0 Å². The quantitative estimate of drug-likeness (QED) is 0.890. The third kappa shape index (κ3) is 2.93. The SMILES string of the molecule is CCCN1CCC(n2cncc2C(C)(C)N)CC1. The second kappa shape index (κ2) is 5.41. The third-order valence-corrected chi connectivity index (χ3v) is 3.82. The van der Waals surface area contributed by atoms with Crippen LogP contribution in [0.15, 0.2) is 12.5 Å². The highest BCUT2D eigenvalue weighted by Gasteiger charge is 2.26. The van der Waals surface area contributed by atoms with Crippen molar-refractivity contribution in [3.8, 4) is 0 Å². The van der Waals surface area contributed by atoms with E-state index in [0.717, 1.165) is 5.69 Å². The van der Waals surface area contributed by atoms with Gasteiger partial charge in [-0.3, -0.25) is 0 Å². The summed E-state index contributed by atoms with van der Waals surface area (Å²) < 4.78 is 2.29. The maximum atomic E-state index is 6.21. The summed E-state index contributed by atoms with van der Waals surface area (Å²) in [5.41, 5.74) is 7.05. The van der Waals surface area contributed by atoms with Gasteiger partial charge in [0.1, 0.15) is 0 Å². The highest BCUT2D eigenvalue weighted by Crippen LogP contribution is 2.27. The van der Waals surface area contributed by atoms with Gasteiger partial charge in [-0.05, 0) is 39.7 Å². The molecule has 2 heterocycles. The zero-order chi connectivity index (χ0) is 13.2. The van der Waals surface area contributed by atoms with E-state index in [1.165, 1.54) is 38.9 Å². The van der Waals surface area contributed by atoms with Crippen molar-refractivity contribution in [2.24, 2.45) is 5.73 Å². The van der Waals surface area contributed by atoms with Gasteiger partial charge in [-0.2, -0.15) is 0 Å². The maximum Gasteiger partial charge on any atom is 0.0951 e. The predicted octanol–water partition coefficient (Wildman–Crippen LogP) is 2.12. The van der Waals surface area contributed by atoms with Gasteiger partial charge in [0.2, 0.25) is 0 Å². The Morgan fingerprint density at radius 2 is 2.06 bits per heavy atom. The molecule has 0 atom stereocenters. The van der Waals surface area contributed by atoms with Crippen LogP contribution in [0.1, 0.15) is 51.8 Å². The Morgan fingerprint density at radius 1 is 1.39 bits per heavy atom. The van der Waals surface area contributed by atoms with Gasteiger partial charge >= 0.3 is 0 Å². The molecule has 0 radical (unpaired) electrons. The van der Waals surface area contributed by atoms with Crippen molar-refractivity contribution in [3.63, 3.8) is 0 Å². The molecular weight excluding hydrogens is 224 g/mol. The molecule has 1 aromatic rings. The molecule has 0 bridgehead atoms. The summed E-state index contributed by atoms with van der Waals surface area (Å²) in [7, 11) is 0. The van der Waals surface area contributed by atoms with E-state index in [-0.39, 0.29) is 5.54 Å². The van der Waals surface area contributed by atoms with Crippen molar-refractivity contribution >= 4 is 0 Å². The van der Waals surface area contributed by atoms with Crippen LogP contribution >= 0.6 is 0 Å². The van der Waals surface area contributed by atoms with Crippen LogP contribution in [0.25, 0.3) is 0 Å². The lowest BCUT2D eigenvalue weighted by Crippen LogP contribution is -2.37. The van der Waals surface area contributed by atoms with Gasteiger partial charge in [0, 0.05) is 25.3 Å². The van der Waals surface area contributed by atoms with E-state index in [2.05, 4.69) is 21.4 Å². The van der Waals surface area contributed by atoms with Crippen LogP contribution in [0.3, 0.4) is 0 Å². The summed E-state index contributed by atoms with van der Waals surface area (Å²) in [5.74, 6) is 0. The molecule has 2 N–H and O–H groups in total. The molecule has 1 aliphatic heterocycles. The van der Waals surface area contributed by atoms with E-state index in [9.17, 15) is 0 Å². The first kappa shape index (κ1) is 13.6. The van der Waals surface area contributed by atoms with E-state index in [0.29, 0.717) is 6.04 Å². The van der Waals surface area contributed by atoms with E-state index < -0.39 is 0 Å². The average molecular weight is 250 g/mol. The van der Waals surface area contributed by atoms with Gasteiger partial charge in [0.25, 0.3) is 0 Å². The van der Waals surface area contributed by atoms with Crippen LogP contribution in [0, 0.1) is 0 Å². The Labute approximate surface area is 110 Å². The molecule has 0 unspecified atom stereocenters. The van der Waals surface area contributed by atoms with Crippen LogP contribution < -0.4 is 5.73 Å². The van der Waals surface area contributed by atoms with Crippen molar-refractivity contribution in [1.29, 1.82) is 0 Å². The summed E-state index contributed by atoms with van der Waals surface area (Å²) in [6.07, 6.45) is 7.53. The molecule has 1 aliphatic rings. The van der Waals surface area contributed by atoms with Crippen molar-refractivity contribution in [2.45, 2.75) is 51.6 Å². The number of hydrogen-bond donors (Lipinski definition) is 1. The first-order valence-corrected chi connectivity index (χ1v) is 7.06. The minimum atomic E-state index is -0.308. The fourth-order valence-electron chi connectivity index (χ4n) is 2.83. The first-order chi connectivity index (χ1) is 8.52. The Kier molecular flexibility index (Phi) is 4.07. The molecule has 1 saturated heterocycles. The number of hydrogen-bond acceptors (Lipinski definition) is 3. The van der Waals surface area contributed by atoms with Gasteiger partial charge in [0.05, 0.1) is 17.6 Å². The number of piperidine rings is 1. The van der Waals surface area contributed by atoms with E-state index in [1.807, 2.05) is 26.4 Å². The van der Waals surface area contributed by atoms with Crippen LogP contribution in [0.2, 0.25) is 0 Å². The molecule has 1 fully saturated rings. The molecule has 18 heavy (non-hydrogen) atoms. The molecule has 2 rings (SSSR count). The van der Waals surface area contributed by atoms with Crippen molar-refractivity contribution in [1.82, 2.24) is 14.5 Å². The number of rotatable bonds is 4. The van der Waals surface area contributed by atoms with Crippen LogP contribution in [-0.2, 0) is 5.54 Å². The summed E-state index contributed by atoms with van der Waals surface area (Å²) in [5, 5.41) is 0. The molecule has 1 aromatic heterocycles. The molecule has 0 aliphatic carbocycles. The fraction of sp³-hybridized carbons (Fsp3) is 0.786. The summed E-state index contributed by atoms with van der Waals surface area (Å²) in [6.45, 7) is 9.96. The topological polar surface area (TPSA) is 47.1 Å². The van der Waals surface area contributed by atoms with Crippen molar-refractivity contribution in [2.75, 3.05) is 19.6 Å². The number of nitrogens with two attached hydrogens (primary N) is 1. The minimum absolute atomic E-state index is 0.308. The van der Waals surface area contributed by atoms with Crippen molar-refractivity contribution < 1.29 is 0 Å². The zero-order valence-electron chi connectivity index (χ0n) is 11.9. The number of imidazole rings is 1. The molecular formula is C14H26N4. The summed E-state index contributed by atoms with van der Waals surface area (Å²) in [4.78, 5) is 6.84. The lowest BCUT2D eigenvalue weighted by Gasteiger charge is -2.34. The lowest BCUT2D eigenvalue weighted by atomic mass is 9.99. The highest BCUT2D eigenvalue weighted by molar-refractivity contribution is 5.11. The molecule has 102 valence electrons. The number of nitrogens with zero attached hydrogens (tertiary/aromatic N) is 3. The first-order valence-electron chi connectivity index (χ1n) is 7.06. The lowest BCUT2D eigenvalue weighted by molar-refractivity contribution is 0.183. The smallest absolute Gasteiger partial charge is 0.0951 e. The highest BCUT2D eigenvalue weighted by atomic mass is 15.2. The maximum absolute atomic E-state index is 6.21. The van der Waals surface area contributed by atoms with Gasteiger partial charge in [-0.1, -0.05) is 6.92 Å². The molecule has 0 spiro atoms. The predicted molar refractivity (Wildman–Crippen MR) is 74.4 cm³/mol. The molecule has 4 nitrogen and oxygen atoms in total. The second-order valence-electron chi connectivity index (χ2n) is 5.98. The summed E-state index contributed by atoms with van der Waals surface area (Å²) >= 11 is 0. The van der Waals surface area contributed by atoms with E-state index in [1.54, 1.807) is 0 Å². The fourth-order valence-corrected chi connectivity index (χ4v) is 2.83. The van der Waals surface area contributed by atoms with Gasteiger partial charge in [0.15, 0.2) is 0 Å². The number of aromatic nitrogens is 2. The largest absolute Gasteiger partial charge is 0.330 e. The van der Waals surface area contributed by atoms with Crippen molar-refractivity contribution in [3.05, 3.63) is 18.2 Å². The normalized spacial score (nSPS) is 19.3. The molecule has 0 aromatic carbocycles. The van der Waals surface area contributed by atoms with Crippen LogP contribution in [0.5, 0.6) is 0 Å². The Bertz CT molecular complexity index is 369. The molecule has 4 heteroatoms. The zero-order valence-corrected chi connectivity index (χ0v) is 11.9. The standard InChI is InChI=1S/C14H26N4/c1-4-7-17-8-5-12(6-9-17)18-11-16-10-13(18)14(2,3)15/h10-12H,4-9,15H2,1-3H3. The monoisotopic (exact) mass is 250 g/mol. The average Bonchev–Trinajstić information content (AvgIpc) is 2.79.